The van der Waals surface area contributed by atoms with Crippen molar-refractivity contribution in [1.29, 1.82) is 0 Å². The van der Waals surface area contributed by atoms with Crippen LogP contribution in [-0.4, -0.2) is 15.9 Å². The molecule has 0 amide bonds. The van der Waals surface area contributed by atoms with Crippen LogP contribution < -0.4 is 11.3 Å². The zero-order chi connectivity index (χ0) is 12.6. The van der Waals surface area contributed by atoms with Crippen molar-refractivity contribution in [3.8, 4) is 0 Å². The lowest BCUT2D eigenvalue weighted by Crippen LogP contribution is -2.23. The van der Waals surface area contributed by atoms with E-state index in [1.165, 1.54) is 0 Å². The predicted molar refractivity (Wildman–Crippen MR) is 70.3 cm³/mol. The Morgan fingerprint density at radius 3 is 2.65 bits per heavy atom. The van der Waals surface area contributed by atoms with Crippen molar-refractivity contribution >= 4 is 10.9 Å². The van der Waals surface area contributed by atoms with E-state index in [1.54, 1.807) is 4.68 Å². The summed E-state index contributed by atoms with van der Waals surface area (Å²) in [6, 6.07) is 6.17. The number of aryl methyl sites for hydroxylation is 1. The minimum Gasteiger partial charge on any atom is -0.330 e. The second-order valence-electron chi connectivity index (χ2n) is 4.66. The molecule has 2 N–H and O–H groups in total. The molecule has 0 bridgehead atoms. The van der Waals surface area contributed by atoms with Crippen LogP contribution in [0.25, 0.3) is 10.9 Å². The highest BCUT2D eigenvalue weighted by molar-refractivity contribution is 5.79. The molecule has 0 aliphatic carbocycles. The van der Waals surface area contributed by atoms with E-state index >= 15 is 0 Å². The Morgan fingerprint density at radius 2 is 2.06 bits per heavy atom. The summed E-state index contributed by atoms with van der Waals surface area (Å²) in [4.78, 5) is 12.3. The second kappa shape index (κ2) is 4.37. The van der Waals surface area contributed by atoms with Crippen LogP contribution in [-0.2, 0) is 13.5 Å². The van der Waals surface area contributed by atoms with Gasteiger partial charge in [-0.3, -0.25) is 9.48 Å². The van der Waals surface area contributed by atoms with Gasteiger partial charge in [-0.05, 0) is 44.5 Å². The summed E-state index contributed by atoms with van der Waals surface area (Å²) in [7, 11) is 1.92. The Hall–Kier alpha value is -1.55. The Kier molecular flexibility index (Phi) is 3.07. The third-order valence-electron chi connectivity index (χ3n) is 3.09. The first-order valence-corrected chi connectivity index (χ1v) is 5.96. The topological polar surface area (TPSA) is 52.9 Å². The molecule has 2 rings (SSSR count). The van der Waals surface area contributed by atoms with E-state index < -0.39 is 0 Å². The lowest BCUT2D eigenvalue weighted by atomic mass is 10.1. The molecule has 0 atom stereocenters. The molecule has 0 radical (unpaired) electrons. The van der Waals surface area contributed by atoms with Gasteiger partial charge in [-0.1, -0.05) is 6.07 Å². The Bertz CT molecular complexity index is 592. The molecular formula is C13H19N3O. The summed E-state index contributed by atoms with van der Waals surface area (Å²) < 4.78 is 3.70. The fourth-order valence-corrected chi connectivity index (χ4v) is 2.32. The lowest BCUT2D eigenvalue weighted by Gasteiger charge is -2.10. The van der Waals surface area contributed by atoms with Crippen molar-refractivity contribution < 1.29 is 0 Å². The third-order valence-corrected chi connectivity index (χ3v) is 3.09. The summed E-state index contributed by atoms with van der Waals surface area (Å²) in [5.41, 5.74) is 7.72. The molecule has 2 aromatic rings. The van der Waals surface area contributed by atoms with Gasteiger partial charge in [0.15, 0.2) is 0 Å². The fourth-order valence-electron chi connectivity index (χ4n) is 2.32. The lowest BCUT2D eigenvalue weighted by molar-refractivity contribution is 0.447. The van der Waals surface area contributed by atoms with E-state index in [0.717, 1.165) is 22.9 Å². The number of rotatable bonds is 3. The normalized spacial score (nSPS) is 11.6. The first kappa shape index (κ1) is 11.9. The second-order valence-corrected chi connectivity index (χ2v) is 4.66. The van der Waals surface area contributed by atoms with Gasteiger partial charge >= 0.3 is 0 Å². The van der Waals surface area contributed by atoms with E-state index in [-0.39, 0.29) is 11.6 Å². The Morgan fingerprint density at radius 1 is 1.35 bits per heavy atom. The van der Waals surface area contributed by atoms with E-state index in [4.69, 9.17) is 5.73 Å². The Balaban J connectivity index is 2.71. The summed E-state index contributed by atoms with van der Waals surface area (Å²) in [6.45, 7) is 4.64. The number of fused-ring (bicyclic) bond motifs is 1. The largest absolute Gasteiger partial charge is 0.330 e. The van der Waals surface area contributed by atoms with Crippen LogP contribution in [0.5, 0.6) is 0 Å². The zero-order valence-electron chi connectivity index (χ0n) is 10.6. The van der Waals surface area contributed by atoms with Crippen molar-refractivity contribution in [3.05, 3.63) is 34.1 Å². The fraction of sp³-hybridized carbons (Fsp3) is 0.462. The maximum atomic E-state index is 12.3. The van der Waals surface area contributed by atoms with Gasteiger partial charge in [-0.25, -0.2) is 4.68 Å². The molecule has 1 aromatic heterocycles. The molecule has 1 heterocycles. The van der Waals surface area contributed by atoms with Gasteiger partial charge in [0.25, 0.3) is 5.56 Å². The zero-order valence-corrected chi connectivity index (χ0v) is 10.6. The summed E-state index contributed by atoms with van der Waals surface area (Å²) in [5, 5.41) is 0.784. The van der Waals surface area contributed by atoms with Crippen LogP contribution in [0, 0.1) is 0 Å². The number of nitrogens with zero attached hydrogens (tertiary/aromatic N) is 2. The maximum Gasteiger partial charge on any atom is 0.274 e. The molecule has 17 heavy (non-hydrogen) atoms. The van der Waals surface area contributed by atoms with Crippen LogP contribution in [0.1, 0.15) is 25.5 Å². The molecule has 0 aliphatic rings. The SMILES string of the molecule is CC(C)n1c(=O)c2cc(CCN)ccc2n1C. The molecule has 4 nitrogen and oxygen atoms in total. The van der Waals surface area contributed by atoms with Gasteiger partial charge in [0.05, 0.1) is 10.9 Å². The number of nitrogens with two attached hydrogens (primary N) is 1. The minimum atomic E-state index is 0.0800. The molecule has 0 fully saturated rings. The van der Waals surface area contributed by atoms with Gasteiger partial charge in [-0.15, -0.1) is 0 Å². The van der Waals surface area contributed by atoms with Gasteiger partial charge in [0.1, 0.15) is 0 Å². The van der Waals surface area contributed by atoms with Crippen LogP contribution >= 0.6 is 0 Å². The highest BCUT2D eigenvalue weighted by atomic mass is 16.1. The van der Waals surface area contributed by atoms with Crippen molar-refractivity contribution in [3.63, 3.8) is 0 Å². The molecule has 4 heteroatoms. The smallest absolute Gasteiger partial charge is 0.274 e. The monoisotopic (exact) mass is 233 g/mol. The number of aromatic nitrogens is 2. The van der Waals surface area contributed by atoms with Crippen molar-refractivity contribution in [2.45, 2.75) is 26.3 Å². The van der Waals surface area contributed by atoms with Crippen molar-refractivity contribution in [2.75, 3.05) is 6.54 Å². The van der Waals surface area contributed by atoms with E-state index in [9.17, 15) is 4.79 Å². The van der Waals surface area contributed by atoms with Gasteiger partial charge in [0.2, 0.25) is 0 Å². The molecule has 1 aromatic carbocycles. The first-order chi connectivity index (χ1) is 8.06. The number of benzene rings is 1. The predicted octanol–water partition coefficient (Wildman–Crippen LogP) is 1.42. The van der Waals surface area contributed by atoms with Gasteiger partial charge in [-0.2, -0.15) is 0 Å². The summed E-state index contributed by atoms with van der Waals surface area (Å²) in [5.74, 6) is 0. The van der Waals surface area contributed by atoms with Crippen LogP contribution in [0.2, 0.25) is 0 Å². The average molecular weight is 233 g/mol. The molecule has 0 unspecified atom stereocenters. The number of hydrogen-bond donors (Lipinski definition) is 1. The minimum absolute atomic E-state index is 0.0800. The maximum absolute atomic E-state index is 12.3. The average Bonchev–Trinajstić information content (AvgIpc) is 2.52. The summed E-state index contributed by atoms with van der Waals surface area (Å²) >= 11 is 0. The van der Waals surface area contributed by atoms with E-state index in [2.05, 4.69) is 0 Å². The van der Waals surface area contributed by atoms with Gasteiger partial charge < -0.3 is 5.73 Å². The number of hydrogen-bond acceptors (Lipinski definition) is 2. The molecule has 0 saturated heterocycles. The van der Waals surface area contributed by atoms with Crippen molar-refractivity contribution in [1.82, 2.24) is 9.36 Å². The van der Waals surface area contributed by atoms with Gasteiger partial charge in [0, 0.05) is 13.1 Å². The van der Waals surface area contributed by atoms with Crippen LogP contribution in [0.3, 0.4) is 0 Å². The van der Waals surface area contributed by atoms with Crippen LogP contribution in [0.4, 0.5) is 0 Å². The summed E-state index contributed by atoms with van der Waals surface area (Å²) in [6.07, 6.45) is 0.811. The quantitative estimate of drug-likeness (QED) is 0.871. The molecule has 0 aliphatic heterocycles. The molecular weight excluding hydrogens is 214 g/mol. The highest BCUT2D eigenvalue weighted by Gasteiger charge is 2.12. The molecule has 0 spiro atoms. The highest BCUT2D eigenvalue weighted by Crippen LogP contribution is 2.15. The van der Waals surface area contributed by atoms with Crippen molar-refractivity contribution in [2.24, 2.45) is 12.8 Å². The molecule has 92 valence electrons. The molecule has 0 saturated carbocycles. The third kappa shape index (κ3) is 1.89. The first-order valence-electron chi connectivity index (χ1n) is 5.96. The Labute approximate surface area is 101 Å². The van der Waals surface area contributed by atoms with E-state index in [0.29, 0.717) is 6.54 Å². The van der Waals surface area contributed by atoms with Crippen LogP contribution in [0.15, 0.2) is 23.0 Å². The standard InChI is InChI=1S/C13H19N3O/c1-9(2)16-13(17)11-8-10(6-7-14)4-5-12(11)15(16)3/h4-5,8-9H,6-7,14H2,1-3H3. The van der Waals surface area contributed by atoms with E-state index in [1.807, 2.05) is 43.8 Å².